The highest BCUT2D eigenvalue weighted by Crippen LogP contribution is 2.24. The van der Waals surface area contributed by atoms with Crippen molar-refractivity contribution >= 4 is 27.5 Å². The van der Waals surface area contributed by atoms with Crippen LogP contribution in [0.4, 0.5) is 5.69 Å². The van der Waals surface area contributed by atoms with E-state index in [9.17, 15) is 18.0 Å². The molecule has 0 spiro atoms. The van der Waals surface area contributed by atoms with E-state index in [2.05, 4.69) is 5.32 Å². The van der Waals surface area contributed by atoms with Crippen LogP contribution in [0, 0.1) is 19.8 Å². The van der Waals surface area contributed by atoms with Crippen LogP contribution in [-0.2, 0) is 26.2 Å². The highest BCUT2D eigenvalue weighted by molar-refractivity contribution is 7.92. The Bertz CT molecular complexity index is 1100. The van der Waals surface area contributed by atoms with E-state index >= 15 is 0 Å². The van der Waals surface area contributed by atoms with Gasteiger partial charge >= 0.3 is 0 Å². The standard InChI is InChI=1S/C27H39N3O4S/c1-20(2)18-28-27(32)23(5)29(19-24-11-8-7-9-12-24)26(31)13-10-16-30(35(6,33)34)25-17-21(3)14-15-22(25)4/h7-9,11-12,14-15,17,20,23H,10,13,16,18-19H2,1-6H3,(H,28,32). The molecule has 0 saturated heterocycles. The van der Waals surface area contributed by atoms with Crippen LogP contribution in [0.1, 0.15) is 50.3 Å². The minimum atomic E-state index is -3.52. The minimum Gasteiger partial charge on any atom is -0.354 e. The number of carbonyl (C=O) groups is 2. The monoisotopic (exact) mass is 501 g/mol. The van der Waals surface area contributed by atoms with Gasteiger partial charge in [-0.15, -0.1) is 0 Å². The van der Waals surface area contributed by atoms with Crippen molar-refractivity contribution in [1.29, 1.82) is 0 Å². The predicted molar refractivity (Wildman–Crippen MR) is 142 cm³/mol. The molecule has 8 heteroatoms. The summed E-state index contributed by atoms with van der Waals surface area (Å²) in [5.74, 6) is -0.0805. The summed E-state index contributed by atoms with van der Waals surface area (Å²) in [4.78, 5) is 27.6. The molecule has 2 amide bonds. The highest BCUT2D eigenvalue weighted by Gasteiger charge is 2.27. The molecule has 2 aromatic carbocycles. The molecule has 0 aromatic heterocycles. The summed E-state index contributed by atoms with van der Waals surface area (Å²) in [6.07, 6.45) is 1.65. The summed E-state index contributed by atoms with van der Waals surface area (Å²) in [7, 11) is -3.52. The fourth-order valence-corrected chi connectivity index (χ4v) is 4.80. The lowest BCUT2D eigenvalue weighted by Crippen LogP contribution is -2.48. The molecule has 0 radical (unpaired) electrons. The first-order chi connectivity index (χ1) is 16.4. The highest BCUT2D eigenvalue weighted by atomic mass is 32.2. The predicted octanol–water partition coefficient (Wildman–Crippen LogP) is 4.04. The number of carbonyl (C=O) groups excluding carboxylic acids is 2. The van der Waals surface area contributed by atoms with Crippen LogP contribution in [-0.4, -0.2) is 50.5 Å². The quantitative estimate of drug-likeness (QED) is 0.476. The Morgan fingerprint density at radius 2 is 1.66 bits per heavy atom. The van der Waals surface area contributed by atoms with Crippen LogP contribution in [0.2, 0.25) is 0 Å². The van der Waals surface area contributed by atoms with Gasteiger partial charge in [0.25, 0.3) is 0 Å². The molecule has 0 heterocycles. The van der Waals surface area contributed by atoms with Gasteiger partial charge in [-0.3, -0.25) is 13.9 Å². The normalized spacial score (nSPS) is 12.3. The number of hydrogen-bond donors (Lipinski definition) is 1. The molecule has 2 rings (SSSR count). The van der Waals surface area contributed by atoms with Crippen LogP contribution in [0.25, 0.3) is 0 Å². The minimum absolute atomic E-state index is 0.130. The maximum absolute atomic E-state index is 13.3. The molecule has 0 aliphatic rings. The molecule has 0 saturated carbocycles. The number of aryl methyl sites for hydroxylation is 2. The van der Waals surface area contributed by atoms with Gasteiger partial charge in [-0.25, -0.2) is 8.42 Å². The van der Waals surface area contributed by atoms with Crippen LogP contribution >= 0.6 is 0 Å². The average molecular weight is 502 g/mol. The Morgan fingerprint density at radius 1 is 1.00 bits per heavy atom. The van der Waals surface area contributed by atoms with Crippen molar-refractivity contribution in [3.8, 4) is 0 Å². The van der Waals surface area contributed by atoms with Crippen LogP contribution in [0.15, 0.2) is 48.5 Å². The Morgan fingerprint density at radius 3 is 2.26 bits per heavy atom. The molecule has 1 atom stereocenters. The van der Waals surface area contributed by atoms with Gasteiger partial charge in [-0.1, -0.05) is 56.3 Å². The fourth-order valence-electron chi connectivity index (χ4n) is 3.79. The number of nitrogens with one attached hydrogen (secondary N) is 1. The van der Waals surface area contributed by atoms with Crippen molar-refractivity contribution in [1.82, 2.24) is 10.2 Å². The van der Waals surface area contributed by atoms with Crippen LogP contribution in [0.5, 0.6) is 0 Å². The van der Waals surface area contributed by atoms with E-state index in [0.29, 0.717) is 31.1 Å². The third-order valence-corrected chi connectivity index (χ3v) is 7.01. The molecule has 0 aliphatic heterocycles. The molecule has 192 valence electrons. The summed E-state index contributed by atoms with van der Waals surface area (Å²) in [5, 5.41) is 2.91. The smallest absolute Gasteiger partial charge is 0.242 e. The summed E-state index contributed by atoms with van der Waals surface area (Å²) < 4.78 is 26.5. The number of benzene rings is 2. The van der Waals surface area contributed by atoms with Gasteiger partial charge in [-0.05, 0) is 55.9 Å². The zero-order valence-corrected chi connectivity index (χ0v) is 22.6. The molecule has 35 heavy (non-hydrogen) atoms. The van der Waals surface area contributed by atoms with Gasteiger partial charge in [0.1, 0.15) is 6.04 Å². The van der Waals surface area contributed by atoms with Crippen molar-refractivity contribution in [3.05, 3.63) is 65.2 Å². The Labute approximate surface area is 210 Å². The maximum Gasteiger partial charge on any atom is 0.242 e. The molecule has 0 fully saturated rings. The van der Waals surface area contributed by atoms with Gasteiger partial charge in [0.2, 0.25) is 21.8 Å². The third-order valence-electron chi connectivity index (χ3n) is 5.83. The van der Waals surface area contributed by atoms with E-state index in [1.165, 1.54) is 10.6 Å². The van der Waals surface area contributed by atoms with Crippen LogP contribution < -0.4 is 9.62 Å². The molecule has 7 nitrogen and oxygen atoms in total. The van der Waals surface area contributed by atoms with Crippen molar-refractivity contribution in [3.63, 3.8) is 0 Å². The zero-order valence-electron chi connectivity index (χ0n) is 21.7. The lowest BCUT2D eigenvalue weighted by molar-refractivity contribution is -0.140. The topological polar surface area (TPSA) is 86.8 Å². The average Bonchev–Trinajstić information content (AvgIpc) is 2.79. The molecular weight excluding hydrogens is 462 g/mol. The first kappa shape index (κ1) is 28.4. The van der Waals surface area contributed by atoms with Gasteiger partial charge in [0, 0.05) is 26.1 Å². The van der Waals surface area contributed by atoms with E-state index in [4.69, 9.17) is 0 Å². The molecule has 1 unspecified atom stereocenters. The molecule has 0 bridgehead atoms. The van der Waals surface area contributed by atoms with Crippen molar-refractivity contribution in [2.45, 2.75) is 60.0 Å². The largest absolute Gasteiger partial charge is 0.354 e. The van der Waals surface area contributed by atoms with Gasteiger partial charge in [0.15, 0.2) is 0 Å². The summed E-state index contributed by atoms with van der Waals surface area (Å²) in [6, 6.07) is 14.6. The number of sulfonamides is 1. The second-order valence-corrected chi connectivity index (χ2v) is 11.5. The first-order valence-electron chi connectivity index (χ1n) is 12.1. The van der Waals surface area contributed by atoms with E-state index in [-0.39, 0.29) is 24.8 Å². The summed E-state index contributed by atoms with van der Waals surface area (Å²) >= 11 is 0. The van der Waals surface area contributed by atoms with Crippen molar-refractivity contribution in [2.24, 2.45) is 5.92 Å². The summed E-state index contributed by atoms with van der Waals surface area (Å²) in [6.45, 7) is 10.6. The molecule has 1 N–H and O–H groups in total. The van der Waals surface area contributed by atoms with E-state index in [1.807, 2.05) is 76.2 Å². The Balaban J connectivity index is 2.16. The number of amides is 2. The fraction of sp³-hybridized carbons (Fsp3) is 0.481. The Kier molecular flexibility index (Phi) is 10.3. The number of hydrogen-bond acceptors (Lipinski definition) is 4. The maximum atomic E-state index is 13.3. The number of anilines is 1. The lowest BCUT2D eigenvalue weighted by Gasteiger charge is -2.30. The SMILES string of the molecule is Cc1ccc(C)c(N(CCCC(=O)N(Cc2ccccc2)C(C)C(=O)NCC(C)C)S(C)(=O)=O)c1. The van der Waals surface area contributed by atoms with Gasteiger partial charge in [0.05, 0.1) is 11.9 Å². The van der Waals surface area contributed by atoms with Crippen molar-refractivity contribution in [2.75, 3.05) is 23.7 Å². The van der Waals surface area contributed by atoms with E-state index in [1.54, 1.807) is 11.8 Å². The zero-order chi connectivity index (χ0) is 26.2. The van der Waals surface area contributed by atoms with Gasteiger partial charge < -0.3 is 10.2 Å². The second kappa shape index (κ2) is 12.7. The molecular formula is C27H39N3O4S. The number of nitrogens with zero attached hydrogens (tertiary/aromatic N) is 2. The molecule has 0 aliphatic carbocycles. The van der Waals surface area contributed by atoms with Crippen LogP contribution in [0.3, 0.4) is 0 Å². The first-order valence-corrected chi connectivity index (χ1v) is 13.9. The van der Waals surface area contributed by atoms with E-state index in [0.717, 1.165) is 16.7 Å². The third kappa shape index (κ3) is 8.69. The Hall–Kier alpha value is -2.87. The van der Waals surface area contributed by atoms with E-state index < -0.39 is 16.1 Å². The van der Waals surface area contributed by atoms with Gasteiger partial charge in [-0.2, -0.15) is 0 Å². The second-order valence-electron chi connectivity index (χ2n) is 9.55. The molecule has 2 aromatic rings. The van der Waals surface area contributed by atoms with Crippen molar-refractivity contribution < 1.29 is 18.0 Å². The number of rotatable bonds is 12. The summed E-state index contributed by atoms with van der Waals surface area (Å²) in [5.41, 5.74) is 3.37. The lowest BCUT2D eigenvalue weighted by atomic mass is 10.1.